The van der Waals surface area contributed by atoms with E-state index in [4.69, 9.17) is 5.14 Å². The second-order valence-corrected chi connectivity index (χ2v) is 8.07. The van der Waals surface area contributed by atoms with Gasteiger partial charge in [-0.05, 0) is 36.4 Å². The molecule has 23 heavy (non-hydrogen) atoms. The number of benzene rings is 2. The highest BCUT2D eigenvalue weighted by molar-refractivity contribution is 7.92. The molecule has 0 aliphatic carbocycles. The molecule has 10 heteroatoms. The van der Waals surface area contributed by atoms with Crippen molar-refractivity contribution in [2.75, 3.05) is 16.3 Å². The smallest absolute Gasteiger partial charge is 0.238 e. The third-order valence-corrected chi connectivity index (χ3v) is 4.22. The van der Waals surface area contributed by atoms with Gasteiger partial charge in [0.2, 0.25) is 20.0 Å². The third kappa shape index (κ3) is 4.91. The van der Waals surface area contributed by atoms with Gasteiger partial charge in [-0.3, -0.25) is 4.72 Å². The fourth-order valence-electron chi connectivity index (χ4n) is 1.81. The number of primary sulfonamides is 1. The first-order valence-electron chi connectivity index (χ1n) is 6.22. The Balaban J connectivity index is 2.51. The van der Waals surface area contributed by atoms with Gasteiger partial charge >= 0.3 is 0 Å². The van der Waals surface area contributed by atoms with Crippen molar-refractivity contribution in [1.82, 2.24) is 0 Å². The van der Waals surface area contributed by atoms with Crippen LogP contribution in [0.2, 0.25) is 0 Å². The van der Waals surface area contributed by atoms with Crippen molar-refractivity contribution in [1.29, 1.82) is 0 Å². The lowest BCUT2D eigenvalue weighted by Gasteiger charge is -2.14. The number of sulfonamides is 2. The largest absolute Gasteiger partial charge is 0.354 e. The molecule has 0 saturated heterocycles. The molecule has 0 bridgehead atoms. The molecule has 2 rings (SSSR count). The number of anilines is 3. The van der Waals surface area contributed by atoms with Gasteiger partial charge in [-0.25, -0.2) is 26.4 Å². The minimum atomic E-state index is -3.98. The van der Waals surface area contributed by atoms with E-state index in [1.807, 2.05) is 0 Å². The maximum Gasteiger partial charge on any atom is 0.238 e. The summed E-state index contributed by atoms with van der Waals surface area (Å²) in [5, 5.41) is 7.83. The summed E-state index contributed by atoms with van der Waals surface area (Å²) >= 11 is 0. The lowest BCUT2D eigenvalue weighted by Crippen LogP contribution is -2.14. The van der Waals surface area contributed by atoms with E-state index < -0.39 is 25.9 Å². The first-order chi connectivity index (χ1) is 10.5. The van der Waals surface area contributed by atoms with Crippen LogP contribution in [0.4, 0.5) is 21.5 Å². The average Bonchev–Trinajstić information content (AvgIpc) is 2.38. The minimum Gasteiger partial charge on any atom is -0.354 e. The van der Waals surface area contributed by atoms with E-state index in [1.54, 1.807) is 0 Å². The molecule has 0 saturated carbocycles. The van der Waals surface area contributed by atoms with Crippen LogP contribution in [0.1, 0.15) is 0 Å². The van der Waals surface area contributed by atoms with Crippen molar-refractivity contribution in [2.24, 2.45) is 5.14 Å². The second kappa shape index (κ2) is 6.14. The fourth-order valence-corrected chi connectivity index (χ4v) is 2.93. The van der Waals surface area contributed by atoms with E-state index in [0.717, 1.165) is 12.3 Å². The van der Waals surface area contributed by atoms with E-state index >= 15 is 0 Å². The SMILES string of the molecule is CS(=O)(=O)Nc1ccc(S(N)(=O)=O)cc1Nc1cccc(F)c1. The van der Waals surface area contributed by atoms with Crippen molar-refractivity contribution < 1.29 is 21.2 Å². The Morgan fingerprint density at radius 1 is 1.00 bits per heavy atom. The lowest BCUT2D eigenvalue weighted by atomic mass is 10.2. The molecular weight excluding hydrogens is 345 g/mol. The number of rotatable bonds is 5. The molecule has 0 aliphatic heterocycles. The van der Waals surface area contributed by atoms with Gasteiger partial charge < -0.3 is 5.32 Å². The van der Waals surface area contributed by atoms with Crippen molar-refractivity contribution in [3.05, 3.63) is 48.3 Å². The summed E-state index contributed by atoms with van der Waals surface area (Å²) in [5.41, 5.74) is 0.532. The predicted octanol–water partition coefficient (Wildman–Crippen LogP) is 1.59. The zero-order valence-corrected chi connectivity index (χ0v) is 13.6. The Bertz CT molecular complexity index is 943. The molecule has 2 aromatic carbocycles. The molecule has 0 heterocycles. The van der Waals surface area contributed by atoms with E-state index in [2.05, 4.69) is 10.0 Å². The fraction of sp³-hybridized carbons (Fsp3) is 0.0769. The van der Waals surface area contributed by atoms with Crippen LogP contribution < -0.4 is 15.2 Å². The van der Waals surface area contributed by atoms with Gasteiger partial charge in [-0.15, -0.1) is 0 Å². The summed E-state index contributed by atoms with van der Waals surface area (Å²) in [6, 6.07) is 8.98. The van der Waals surface area contributed by atoms with E-state index in [1.165, 1.54) is 36.4 Å². The van der Waals surface area contributed by atoms with Crippen LogP contribution in [0.3, 0.4) is 0 Å². The monoisotopic (exact) mass is 359 g/mol. The number of halogens is 1. The summed E-state index contributed by atoms with van der Waals surface area (Å²) < 4.78 is 61.2. The van der Waals surface area contributed by atoms with Gasteiger partial charge in [0, 0.05) is 5.69 Å². The number of hydrogen-bond donors (Lipinski definition) is 3. The number of nitrogens with two attached hydrogens (primary N) is 1. The van der Waals surface area contributed by atoms with Crippen LogP contribution in [0.15, 0.2) is 47.4 Å². The third-order valence-electron chi connectivity index (χ3n) is 2.72. The van der Waals surface area contributed by atoms with Crippen LogP contribution in [-0.4, -0.2) is 23.1 Å². The van der Waals surface area contributed by atoms with Crippen LogP contribution in [0.25, 0.3) is 0 Å². The Morgan fingerprint density at radius 3 is 2.26 bits per heavy atom. The maximum atomic E-state index is 13.2. The summed E-state index contributed by atoms with van der Waals surface area (Å²) in [7, 11) is -7.57. The second-order valence-electron chi connectivity index (χ2n) is 4.76. The Morgan fingerprint density at radius 2 is 1.70 bits per heavy atom. The molecule has 0 aliphatic rings. The van der Waals surface area contributed by atoms with Gasteiger partial charge in [0.25, 0.3) is 0 Å². The number of hydrogen-bond acceptors (Lipinski definition) is 5. The molecule has 124 valence electrons. The summed E-state index contributed by atoms with van der Waals surface area (Å²) in [4.78, 5) is -0.213. The normalized spacial score (nSPS) is 12.0. The minimum absolute atomic E-state index is 0.101. The van der Waals surface area contributed by atoms with Gasteiger partial charge in [0.05, 0.1) is 22.5 Å². The van der Waals surface area contributed by atoms with Crippen LogP contribution in [0, 0.1) is 5.82 Å². The van der Waals surface area contributed by atoms with Gasteiger partial charge in [0.1, 0.15) is 5.82 Å². The molecule has 2 aromatic rings. The molecule has 7 nitrogen and oxygen atoms in total. The molecule has 0 aromatic heterocycles. The van der Waals surface area contributed by atoms with Gasteiger partial charge in [-0.2, -0.15) is 0 Å². The topological polar surface area (TPSA) is 118 Å². The van der Waals surface area contributed by atoms with Crippen LogP contribution >= 0.6 is 0 Å². The quantitative estimate of drug-likeness (QED) is 0.749. The average molecular weight is 359 g/mol. The molecule has 0 atom stereocenters. The Labute approximate surface area is 133 Å². The maximum absolute atomic E-state index is 13.2. The van der Waals surface area contributed by atoms with E-state index in [-0.39, 0.29) is 16.3 Å². The molecule has 0 spiro atoms. The predicted molar refractivity (Wildman–Crippen MR) is 86.0 cm³/mol. The van der Waals surface area contributed by atoms with E-state index in [0.29, 0.717) is 5.69 Å². The summed E-state index contributed by atoms with van der Waals surface area (Å²) in [5.74, 6) is -0.504. The molecular formula is C13H14FN3O4S2. The van der Waals surface area contributed by atoms with Crippen molar-refractivity contribution in [3.8, 4) is 0 Å². The number of nitrogens with one attached hydrogen (secondary N) is 2. The summed E-state index contributed by atoms with van der Waals surface area (Å²) in [6.45, 7) is 0. The first kappa shape index (κ1) is 17.2. The molecule has 0 unspecified atom stereocenters. The molecule has 0 fully saturated rings. The Hall–Kier alpha value is -2.17. The highest BCUT2D eigenvalue weighted by Gasteiger charge is 2.14. The molecule has 0 radical (unpaired) electrons. The molecule has 4 N–H and O–H groups in total. The van der Waals surface area contributed by atoms with Crippen LogP contribution in [-0.2, 0) is 20.0 Å². The molecule has 0 amide bonds. The zero-order valence-electron chi connectivity index (χ0n) is 11.9. The van der Waals surface area contributed by atoms with Crippen molar-refractivity contribution in [2.45, 2.75) is 4.90 Å². The van der Waals surface area contributed by atoms with E-state index in [9.17, 15) is 21.2 Å². The van der Waals surface area contributed by atoms with Gasteiger partial charge in [0.15, 0.2) is 0 Å². The highest BCUT2D eigenvalue weighted by atomic mass is 32.2. The van der Waals surface area contributed by atoms with Crippen LogP contribution in [0.5, 0.6) is 0 Å². The van der Waals surface area contributed by atoms with Crippen molar-refractivity contribution in [3.63, 3.8) is 0 Å². The highest BCUT2D eigenvalue weighted by Crippen LogP contribution is 2.29. The van der Waals surface area contributed by atoms with Crippen molar-refractivity contribution >= 4 is 37.1 Å². The Kier molecular flexibility index (Phi) is 4.59. The van der Waals surface area contributed by atoms with Gasteiger partial charge in [-0.1, -0.05) is 6.07 Å². The standard InChI is InChI=1S/C13H14FN3O4S2/c1-22(18,19)17-12-6-5-11(23(15,20)21)8-13(12)16-10-4-2-3-9(14)7-10/h2-8,16-17H,1H3,(H2,15,20,21). The lowest BCUT2D eigenvalue weighted by molar-refractivity contribution is 0.597. The zero-order chi connectivity index (χ0) is 17.3. The summed E-state index contributed by atoms with van der Waals surface area (Å²) in [6.07, 6.45) is 0.951. The first-order valence-corrected chi connectivity index (χ1v) is 9.65.